The topological polar surface area (TPSA) is 117 Å². The van der Waals surface area contributed by atoms with Crippen LogP contribution in [0.2, 0.25) is 0 Å². The van der Waals surface area contributed by atoms with Crippen molar-refractivity contribution in [2.45, 2.75) is 49.0 Å². The van der Waals surface area contributed by atoms with Crippen LogP contribution >= 0.6 is 15.9 Å². The number of nitrogens with one attached hydrogen (secondary N) is 2. The number of piperazine rings is 1. The smallest absolute Gasteiger partial charge is 0.292 e. The molecule has 1 aromatic heterocycles. The molecule has 2 aliphatic rings. The molecule has 0 aromatic carbocycles. The van der Waals surface area contributed by atoms with Crippen LogP contribution in [0.4, 0.5) is 6.01 Å². The first kappa shape index (κ1) is 23.6. The van der Waals surface area contributed by atoms with Crippen LogP contribution in [0.15, 0.2) is 10.7 Å². The zero-order valence-electron chi connectivity index (χ0n) is 17.5. The molecule has 30 heavy (non-hydrogen) atoms. The van der Waals surface area contributed by atoms with E-state index in [9.17, 15) is 9.00 Å². The van der Waals surface area contributed by atoms with Crippen molar-refractivity contribution in [3.63, 3.8) is 0 Å². The Labute approximate surface area is 189 Å². The lowest BCUT2D eigenvalue weighted by Gasteiger charge is -2.38. The maximum atomic E-state index is 12.4. The van der Waals surface area contributed by atoms with E-state index in [1.807, 2.05) is 7.05 Å². The van der Waals surface area contributed by atoms with Gasteiger partial charge in [-0.3, -0.25) is 9.69 Å². The fraction of sp³-hybridized carbons (Fsp3) is 0.789. The van der Waals surface area contributed by atoms with Crippen molar-refractivity contribution in [3.05, 3.63) is 12.0 Å². The first-order chi connectivity index (χ1) is 14.5. The van der Waals surface area contributed by atoms with Gasteiger partial charge in [-0.2, -0.15) is 4.98 Å². The van der Waals surface area contributed by atoms with E-state index in [0.717, 1.165) is 70.6 Å². The van der Waals surface area contributed by atoms with E-state index in [1.54, 1.807) is 0 Å². The number of nitrogens with two attached hydrogens (primary N) is 1. The summed E-state index contributed by atoms with van der Waals surface area (Å²) in [6.45, 7) is 4.51. The van der Waals surface area contributed by atoms with Crippen LogP contribution in [0.3, 0.4) is 0 Å². The summed E-state index contributed by atoms with van der Waals surface area (Å²) in [5.74, 6) is 0.478. The van der Waals surface area contributed by atoms with E-state index < -0.39 is 11.0 Å². The molecule has 1 amide bonds. The summed E-state index contributed by atoms with van der Waals surface area (Å²) in [5, 5.41) is 6.18. The molecule has 170 valence electrons. The van der Waals surface area contributed by atoms with Gasteiger partial charge in [-0.25, -0.2) is 8.51 Å². The molecular formula is C19H33BrN6O3S. The van der Waals surface area contributed by atoms with Gasteiger partial charge in [0.05, 0.1) is 11.0 Å². The Morgan fingerprint density at radius 3 is 2.70 bits per heavy atom. The highest BCUT2D eigenvalue weighted by Gasteiger charge is 2.32. The van der Waals surface area contributed by atoms with E-state index in [-0.39, 0.29) is 28.5 Å². The van der Waals surface area contributed by atoms with E-state index in [4.69, 9.17) is 10.2 Å². The number of aromatic nitrogens is 1. The van der Waals surface area contributed by atoms with E-state index in [2.05, 4.69) is 40.8 Å². The second-order valence-electron chi connectivity index (χ2n) is 7.92. The minimum atomic E-state index is -0.877. The van der Waals surface area contributed by atoms with Gasteiger partial charge >= 0.3 is 0 Å². The third-order valence-corrected chi connectivity index (χ3v) is 8.59. The number of amides is 1. The van der Waals surface area contributed by atoms with Crippen LogP contribution < -0.4 is 16.4 Å². The van der Waals surface area contributed by atoms with Crippen LogP contribution in [0.1, 0.15) is 42.6 Å². The summed E-state index contributed by atoms with van der Waals surface area (Å²) in [5.41, 5.74) is 5.68. The van der Waals surface area contributed by atoms with Crippen molar-refractivity contribution in [2.75, 3.05) is 51.3 Å². The molecule has 1 saturated heterocycles. The normalized spacial score (nSPS) is 27.5. The Bertz CT molecular complexity index is 712. The monoisotopic (exact) mass is 504 g/mol. The zero-order chi connectivity index (χ0) is 21.5. The number of hydrogen-bond acceptors (Lipinski definition) is 7. The summed E-state index contributed by atoms with van der Waals surface area (Å²) in [6.07, 6.45) is 6.23. The van der Waals surface area contributed by atoms with Crippen molar-refractivity contribution in [1.29, 1.82) is 0 Å². The minimum Gasteiger partial charge on any atom is -0.431 e. The molecule has 3 rings (SSSR count). The number of hydrogen-bond donors (Lipinski definition) is 3. The van der Waals surface area contributed by atoms with Gasteiger partial charge in [0.2, 0.25) is 0 Å². The molecule has 0 bridgehead atoms. The summed E-state index contributed by atoms with van der Waals surface area (Å²) in [7, 11) is 1.05. The molecule has 1 aromatic rings. The molecule has 11 heteroatoms. The SMILES string of the molecule is CNCCCS(=O)N1CCN(C2CCC(Br)C(NC(=O)c3coc(N)n3)CC2)CC1. The molecule has 1 saturated carbocycles. The fourth-order valence-electron chi connectivity index (χ4n) is 4.19. The molecule has 4 atom stereocenters. The van der Waals surface area contributed by atoms with Crippen molar-refractivity contribution in [1.82, 2.24) is 24.8 Å². The third-order valence-electron chi connectivity index (χ3n) is 5.92. The molecule has 4 N–H and O–H groups in total. The molecular weight excluding hydrogens is 472 g/mol. The maximum absolute atomic E-state index is 12.4. The second-order valence-corrected chi connectivity index (χ2v) is 10.7. The van der Waals surface area contributed by atoms with Crippen LogP contribution in [0, 0.1) is 0 Å². The molecule has 4 unspecified atom stereocenters. The molecule has 2 heterocycles. The van der Waals surface area contributed by atoms with Gasteiger partial charge in [0.25, 0.3) is 11.9 Å². The van der Waals surface area contributed by atoms with Crippen LogP contribution in [0.5, 0.6) is 0 Å². The Hall–Kier alpha value is -1.01. The Morgan fingerprint density at radius 2 is 2.03 bits per heavy atom. The zero-order valence-corrected chi connectivity index (χ0v) is 19.9. The van der Waals surface area contributed by atoms with E-state index in [1.165, 1.54) is 6.26 Å². The lowest BCUT2D eigenvalue weighted by Crippen LogP contribution is -2.51. The van der Waals surface area contributed by atoms with Gasteiger partial charge in [-0.15, -0.1) is 0 Å². The molecule has 1 aliphatic carbocycles. The highest BCUT2D eigenvalue weighted by atomic mass is 79.9. The third kappa shape index (κ3) is 6.49. The summed E-state index contributed by atoms with van der Waals surface area (Å²) in [4.78, 5) is 19.1. The van der Waals surface area contributed by atoms with Crippen molar-refractivity contribution >= 4 is 38.8 Å². The standard InChI is InChI=1S/C19H33BrN6O3S/c1-22-7-2-12-30(28)26-10-8-25(9-11-26)14-3-5-15(20)16(6-4-14)23-18(27)17-13-29-19(21)24-17/h13-16,22H,2-12H2,1H3,(H2,21,24)(H,23,27). The molecule has 9 nitrogen and oxygen atoms in total. The quantitative estimate of drug-likeness (QED) is 0.274. The predicted molar refractivity (Wildman–Crippen MR) is 122 cm³/mol. The van der Waals surface area contributed by atoms with Crippen molar-refractivity contribution < 1.29 is 13.4 Å². The van der Waals surface area contributed by atoms with E-state index >= 15 is 0 Å². The number of carbonyl (C=O) groups excluding carboxylic acids is 1. The lowest BCUT2D eigenvalue weighted by atomic mass is 10.1. The van der Waals surface area contributed by atoms with Gasteiger partial charge < -0.3 is 20.8 Å². The predicted octanol–water partition coefficient (Wildman–Crippen LogP) is 0.952. The number of oxazole rings is 1. The van der Waals surface area contributed by atoms with Gasteiger partial charge in [0.1, 0.15) is 6.26 Å². The number of rotatable bonds is 8. The number of carbonyl (C=O) groups is 1. The number of nitrogens with zero attached hydrogens (tertiary/aromatic N) is 3. The summed E-state index contributed by atoms with van der Waals surface area (Å²) in [6, 6.07) is 0.537. The number of nitrogen functional groups attached to an aromatic ring is 1. The molecule has 0 spiro atoms. The van der Waals surface area contributed by atoms with Crippen LogP contribution in [-0.2, 0) is 11.0 Å². The average molecular weight is 505 g/mol. The number of alkyl halides is 1. The molecule has 0 radical (unpaired) electrons. The largest absolute Gasteiger partial charge is 0.431 e. The van der Waals surface area contributed by atoms with Gasteiger partial charge in [-0.05, 0) is 45.7 Å². The average Bonchev–Trinajstić information content (AvgIpc) is 3.11. The number of halogens is 1. The first-order valence-electron chi connectivity index (χ1n) is 10.7. The Morgan fingerprint density at radius 1 is 1.30 bits per heavy atom. The molecule has 2 fully saturated rings. The van der Waals surface area contributed by atoms with E-state index in [0.29, 0.717) is 6.04 Å². The fourth-order valence-corrected chi connectivity index (χ4v) is 6.07. The Balaban J connectivity index is 1.45. The first-order valence-corrected chi connectivity index (χ1v) is 12.8. The van der Waals surface area contributed by atoms with Gasteiger partial charge in [0.15, 0.2) is 5.69 Å². The van der Waals surface area contributed by atoms with Gasteiger partial charge in [0, 0.05) is 48.8 Å². The van der Waals surface area contributed by atoms with Crippen molar-refractivity contribution in [2.24, 2.45) is 0 Å². The van der Waals surface area contributed by atoms with Crippen molar-refractivity contribution in [3.8, 4) is 0 Å². The Kier molecular flexibility index (Phi) is 9.12. The highest BCUT2D eigenvalue weighted by Crippen LogP contribution is 2.28. The van der Waals surface area contributed by atoms with Gasteiger partial charge in [-0.1, -0.05) is 15.9 Å². The number of anilines is 1. The highest BCUT2D eigenvalue weighted by molar-refractivity contribution is 9.09. The maximum Gasteiger partial charge on any atom is 0.292 e. The summed E-state index contributed by atoms with van der Waals surface area (Å²) < 4.78 is 19.5. The minimum absolute atomic E-state index is 0.00132. The summed E-state index contributed by atoms with van der Waals surface area (Å²) >= 11 is 3.77. The lowest BCUT2D eigenvalue weighted by molar-refractivity contribution is 0.0927. The van der Waals surface area contributed by atoms with Crippen LogP contribution in [0.25, 0.3) is 0 Å². The second kappa shape index (κ2) is 11.6. The van der Waals surface area contributed by atoms with Crippen LogP contribution in [-0.4, -0.2) is 86.7 Å². The molecule has 1 aliphatic heterocycles.